The molecule has 0 aliphatic heterocycles. The number of nitrogens with two attached hydrogens (primary N) is 1. The fourth-order valence-corrected chi connectivity index (χ4v) is 2.81. The lowest BCUT2D eigenvalue weighted by atomic mass is 9.91. The third kappa shape index (κ3) is 5.35. The SMILES string of the molecule is CCc1cc(C(=O)NC2CCC(NC(=O)C[C@H](C)N)CC2)no1. The maximum atomic E-state index is 12.1. The molecule has 1 aromatic heterocycles. The summed E-state index contributed by atoms with van der Waals surface area (Å²) >= 11 is 0. The summed E-state index contributed by atoms with van der Waals surface area (Å²) in [5.74, 6) is 0.510. The van der Waals surface area contributed by atoms with E-state index in [4.69, 9.17) is 10.3 Å². The molecule has 0 radical (unpaired) electrons. The second kappa shape index (κ2) is 8.10. The van der Waals surface area contributed by atoms with Crippen LogP contribution >= 0.6 is 0 Å². The van der Waals surface area contributed by atoms with E-state index in [9.17, 15) is 9.59 Å². The van der Waals surface area contributed by atoms with E-state index in [0.717, 1.165) is 25.7 Å². The van der Waals surface area contributed by atoms with Gasteiger partial charge < -0.3 is 20.9 Å². The average molecular weight is 322 g/mol. The first-order chi connectivity index (χ1) is 11.0. The minimum absolute atomic E-state index is 0.00202. The number of hydrogen-bond acceptors (Lipinski definition) is 5. The summed E-state index contributed by atoms with van der Waals surface area (Å²) in [6.45, 7) is 3.77. The van der Waals surface area contributed by atoms with Gasteiger partial charge in [0.15, 0.2) is 5.69 Å². The molecule has 1 atom stereocenters. The molecule has 2 amide bonds. The number of aryl methyl sites for hydroxylation is 1. The first kappa shape index (κ1) is 17.5. The molecule has 0 spiro atoms. The molecule has 0 saturated heterocycles. The minimum Gasteiger partial charge on any atom is -0.361 e. The van der Waals surface area contributed by atoms with Gasteiger partial charge in [-0.1, -0.05) is 12.1 Å². The van der Waals surface area contributed by atoms with Gasteiger partial charge in [-0.15, -0.1) is 0 Å². The molecule has 0 aromatic carbocycles. The lowest BCUT2D eigenvalue weighted by Gasteiger charge is -2.29. The van der Waals surface area contributed by atoms with Gasteiger partial charge in [-0.05, 0) is 32.6 Å². The molecule has 1 fully saturated rings. The largest absolute Gasteiger partial charge is 0.361 e. The molecule has 1 saturated carbocycles. The fraction of sp³-hybridized carbons (Fsp3) is 0.688. The van der Waals surface area contributed by atoms with Crippen LogP contribution in [0.25, 0.3) is 0 Å². The second-order valence-corrected chi connectivity index (χ2v) is 6.30. The second-order valence-electron chi connectivity index (χ2n) is 6.30. The Hall–Kier alpha value is -1.89. The van der Waals surface area contributed by atoms with Crippen LogP contribution in [-0.2, 0) is 11.2 Å². The Morgan fingerprint density at radius 1 is 1.30 bits per heavy atom. The van der Waals surface area contributed by atoms with E-state index in [1.54, 1.807) is 6.07 Å². The maximum Gasteiger partial charge on any atom is 0.273 e. The van der Waals surface area contributed by atoms with Crippen molar-refractivity contribution in [1.29, 1.82) is 0 Å². The van der Waals surface area contributed by atoms with Crippen LogP contribution in [0.3, 0.4) is 0 Å². The standard InChI is InChI=1S/C16H26N4O3/c1-3-13-9-14(20-23-13)16(22)19-12-6-4-11(5-7-12)18-15(21)8-10(2)17/h9-12H,3-8,17H2,1-2H3,(H,18,21)(H,19,22)/t10-,11?,12?/m0/s1. The van der Waals surface area contributed by atoms with Crippen molar-refractivity contribution in [1.82, 2.24) is 15.8 Å². The number of rotatable bonds is 6. The molecule has 0 unspecified atom stereocenters. The molecule has 7 heteroatoms. The van der Waals surface area contributed by atoms with Gasteiger partial charge in [0.2, 0.25) is 5.91 Å². The third-order valence-corrected chi connectivity index (χ3v) is 4.07. The van der Waals surface area contributed by atoms with Crippen LogP contribution in [0.5, 0.6) is 0 Å². The maximum absolute atomic E-state index is 12.1. The van der Waals surface area contributed by atoms with Crippen molar-refractivity contribution in [3.63, 3.8) is 0 Å². The van der Waals surface area contributed by atoms with Gasteiger partial charge in [-0.3, -0.25) is 9.59 Å². The number of nitrogens with zero attached hydrogens (tertiary/aromatic N) is 1. The van der Waals surface area contributed by atoms with E-state index in [1.807, 2.05) is 13.8 Å². The zero-order chi connectivity index (χ0) is 16.8. The van der Waals surface area contributed by atoms with Crippen LogP contribution < -0.4 is 16.4 Å². The Bertz CT molecular complexity index is 533. The lowest BCUT2D eigenvalue weighted by molar-refractivity contribution is -0.122. The normalized spacial score (nSPS) is 22.4. The lowest BCUT2D eigenvalue weighted by Crippen LogP contribution is -2.44. The van der Waals surface area contributed by atoms with E-state index in [1.165, 1.54) is 0 Å². The Balaban J connectivity index is 1.74. The molecule has 2 rings (SSSR count). The molecule has 0 bridgehead atoms. The van der Waals surface area contributed by atoms with Crippen LogP contribution in [0.2, 0.25) is 0 Å². The van der Waals surface area contributed by atoms with Gasteiger partial charge in [0.05, 0.1) is 0 Å². The van der Waals surface area contributed by atoms with E-state index in [0.29, 0.717) is 24.3 Å². The van der Waals surface area contributed by atoms with E-state index in [2.05, 4.69) is 15.8 Å². The molecule has 23 heavy (non-hydrogen) atoms. The van der Waals surface area contributed by atoms with Crippen LogP contribution in [-0.4, -0.2) is 35.1 Å². The summed E-state index contributed by atoms with van der Waals surface area (Å²) in [5, 5.41) is 9.77. The average Bonchev–Trinajstić information content (AvgIpc) is 2.97. The summed E-state index contributed by atoms with van der Waals surface area (Å²) in [5.41, 5.74) is 5.95. The zero-order valence-electron chi connectivity index (χ0n) is 13.8. The predicted octanol–water partition coefficient (Wildman–Crippen LogP) is 1.13. The van der Waals surface area contributed by atoms with Gasteiger partial charge in [0.1, 0.15) is 5.76 Å². The van der Waals surface area contributed by atoms with Crippen molar-refractivity contribution >= 4 is 11.8 Å². The number of hydrogen-bond donors (Lipinski definition) is 3. The van der Waals surface area contributed by atoms with Crippen LogP contribution in [0, 0.1) is 0 Å². The zero-order valence-corrected chi connectivity index (χ0v) is 13.8. The Labute approximate surface area is 136 Å². The summed E-state index contributed by atoms with van der Waals surface area (Å²) in [7, 11) is 0. The molecule has 128 valence electrons. The number of carbonyl (C=O) groups excluding carboxylic acids is 2. The molecule has 1 aliphatic carbocycles. The van der Waals surface area contributed by atoms with Gasteiger partial charge in [-0.2, -0.15) is 0 Å². The fourth-order valence-electron chi connectivity index (χ4n) is 2.81. The van der Waals surface area contributed by atoms with E-state index in [-0.39, 0.29) is 29.9 Å². The van der Waals surface area contributed by atoms with Gasteiger partial charge in [0.25, 0.3) is 5.91 Å². The van der Waals surface area contributed by atoms with Crippen LogP contribution in [0.1, 0.15) is 62.2 Å². The highest BCUT2D eigenvalue weighted by molar-refractivity contribution is 5.92. The molecule has 4 N–H and O–H groups in total. The predicted molar refractivity (Wildman–Crippen MR) is 85.8 cm³/mol. The highest BCUT2D eigenvalue weighted by Crippen LogP contribution is 2.19. The summed E-state index contributed by atoms with van der Waals surface area (Å²) < 4.78 is 5.05. The topological polar surface area (TPSA) is 110 Å². The molecule has 1 heterocycles. The number of nitrogens with one attached hydrogen (secondary N) is 2. The molecule has 7 nitrogen and oxygen atoms in total. The Kier molecular flexibility index (Phi) is 6.15. The number of carbonyl (C=O) groups is 2. The van der Waals surface area contributed by atoms with Crippen molar-refractivity contribution < 1.29 is 14.1 Å². The molecular formula is C16H26N4O3. The molecule has 1 aliphatic rings. The first-order valence-corrected chi connectivity index (χ1v) is 8.29. The van der Waals surface area contributed by atoms with Crippen LogP contribution in [0.4, 0.5) is 0 Å². The minimum atomic E-state index is -0.196. The summed E-state index contributed by atoms with van der Waals surface area (Å²) in [6, 6.07) is 1.84. The van der Waals surface area contributed by atoms with E-state index < -0.39 is 0 Å². The molecule has 1 aromatic rings. The summed E-state index contributed by atoms with van der Waals surface area (Å²) in [6.07, 6.45) is 4.46. The summed E-state index contributed by atoms with van der Waals surface area (Å²) in [4.78, 5) is 23.8. The van der Waals surface area contributed by atoms with Crippen molar-refractivity contribution in [2.24, 2.45) is 5.73 Å². The van der Waals surface area contributed by atoms with Crippen molar-refractivity contribution in [2.75, 3.05) is 0 Å². The smallest absolute Gasteiger partial charge is 0.273 e. The highest BCUT2D eigenvalue weighted by Gasteiger charge is 2.24. The third-order valence-electron chi connectivity index (χ3n) is 4.07. The highest BCUT2D eigenvalue weighted by atomic mass is 16.5. The van der Waals surface area contributed by atoms with Crippen molar-refractivity contribution in [3.8, 4) is 0 Å². The van der Waals surface area contributed by atoms with Gasteiger partial charge in [0, 0.05) is 37.0 Å². The number of aromatic nitrogens is 1. The van der Waals surface area contributed by atoms with Crippen molar-refractivity contribution in [3.05, 3.63) is 17.5 Å². The Morgan fingerprint density at radius 3 is 2.43 bits per heavy atom. The van der Waals surface area contributed by atoms with Gasteiger partial charge in [-0.25, -0.2) is 0 Å². The van der Waals surface area contributed by atoms with Crippen LogP contribution in [0.15, 0.2) is 10.6 Å². The quantitative estimate of drug-likeness (QED) is 0.727. The monoisotopic (exact) mass is 322 g/mol. The first-order valence-electron chi connectivity index (χ1n) is 8.29. The number of amides is 2. The van der Waals surface area contributed by atoms with Crippen molar-refractivity contribution in [2.45, 2.75) is 70.5 Å². The van der Waals surface area contributed by atoms with Gasteiger partial charge >= 0.3 is 0 Å². The molecular weight excluding hydrogens is 296 g/mol. The van der Waals surface area contributed by atoms with E-state index >= 15 is 0 Å². The Morgan fingerprint density at radius 2 is 1.91 bits per heavy atom.